The van der Waals surface area contributed by atoms with Crippen molar-refractivity contribution in [3.05, 3.63) is 34.1 Å². The summed E-state index contributed by atoms with van der Waals surface area (Å²) in [4.78, 5) is 0. The van der Waals surface area contributed by atoms with Crippen LogP contribution < -0.4 is 5.32 Å². The third-order valence-electron chi connectivity index (χ3n) is 2.86. The predicted octanol–water partition coefficient (Wildman–Crippen LogP) is 4.65. The van der Waals surface area contributed by atoms with E-state index in [1.807, 2.05) is 6.07 Å². The van der Waals surface area contributed by atoms with Gasteiger partial charge in [-0.1, -0.05) is 42.6 Å². The molecule has 0 spiro atoms. The van der Waals surface area contributed by atoms with Crippen LogP contribution in [0, 0.1) is 5.82 Å². The Kier molecular flexibility index (Phi) is 6.75. The van der Waals surface area contributed by atoms with Crippen LogP contribution in [0.4, 0.5) is 4.39 Å². The summed E-state index contributed by atoms with van der Waals surface area (Å²) in [5.74, 6) is -0.132. The van der Waals surface area contributed by atoms with Gasteiger partial charge in [0.2, 0.25) is 0 Å². The Morgan fingerprint density at radius 2 is 1.88 bits per heavy atom. The molecular weight excluding hydrogens is 281 g/mol. The first-order valence-electron chi connectivity index (χ1n) is 6.34. The first-order valence-corrected chi connectivity index (χ1v) is 7.14. The van der Waals surface area contributed by atoms with Crippen LogP contribution in [0.2, 0.25) is 0 Å². The average molecular weight is 302 g/mol. The molecule has 0 bridgehead atoms. The molecule has 0 aromatic heterocycles. The highest BCUT2D eigenvalue weighted by molar-refractivity contribution is 9.10. The van der Waals surface area contributed by atoms with Crippen LogP contribution in [0.15, 0.2) is 22.7 Å². The SMILES string of the molecule is CCCC(CCC)NCc1cc(Br)ccc1F. The van der Waals surface area contributed by atoms with Gasteiger partial charge in [-0.3, -0.25) is 0 Å². The molecule has 96 valence electrons. The summed E-state index contributed by atoms with van der Waals surface area (Å²) >= 11 is 3.37. The maximum absolute atomic E-state index is 13.5. The first-order chi connectivity index (χ1) is 8.17. The summed E-state index contributed by atoms with van der Waals surface area (Å²) in [5, 5.41) is 3.45. The largest absolute Gasteiger partial charge is 0.310 e. The van der Waals surface area contributed by atoms with E-state index < -0.39 is 0 Å². The van der Waals surface area contributed by atoms with Crippen molar-refractivity contribution in [2.75, 3.05) is 0 Å². The van der Waals surface area contributed by atoms with Gasteiger partial charge in [0.1, 0.15) is 5.82 Å². The van der Waals surface area contributed by atoms with Crippen LogP contribution in [-0.4, -0.2) is 6.04 Å². The maximum Gasteiger partial charge on any atom is 0.127 e. The van der Waals surface area contributed by atoms with Gasteiger partial charge in [-0.2, -0.15) is 0 Å². The smallest absolute Gasteiger partial charge is 0.127 e. The van der Waals surface area contributed by atoms with Gasteiger partial charge in [-0.05, 0) is 31.0 Å². The lowest BCUT2D eigenvalue weighted by atomic mass is 10.1. The second-order valence-electron chi connectivity index (χ2n) is 4.39. The zero-order valence-corrected chi connectivity index (χ0v) is 12.2. The van der Waals surface area contributed by atoms with Crippen LogP contribution in [-0.2, 0) is 6.54 Å². The second-order valence-corrected chi connectivity index (χ2v) is 5.31. The number of halogens is 2. The number of benzene rings is 1. The molecular formula is C14H21BrFN. The molecule has 0 aliphatic rings. The number of hydrogen-bond donors (Lipinski definition) is 1. The fourth-order valence-corrected chi connectivity index (χ4v) is 2.39. The molecule has 1 N–H and O–H groups in total. The Hall–Kier alpha value is -0.410. The van der Waals surface area contributed by atoms with Crippen molar-refractivity contribution >= 4 is 15.9 Å². The van der Waals surface area contributed by atoms with E-state index in [0.29, 0.717) is 12.6 Å². The minimum absolute atomic E-state index is 0.132. The van der Waals surface area contributed by atoms with Crippen LogP contribution in [0.1, 0.15) is 45.1 Å². The third-order valence-corrected chi connectivity index (χ3v) is 3.36. The van der Waals surface area contributed by atoms with E-state index >= 15 is 0 Å². The molecule has 1 nitrogen and oxygen atoms in total. The minimum atomic E-state index is -0.132. The van der Waals surface area contributed by atoms with Crippen molar-refractivity contribution < 1.29 is 4.39 Å². The molecule has 0 aliphatic carbocycles. The van der Waals surface area contributed by atoms with Crippen LogP contribution in [0.5, 0.6) is 0 Å². The molecule has 1 rings (SSSR count). The summed E-state index contributed by atoms with van der Waals surface area (Å²) in [5.41, 5.74) is 0.733. The maximum atomic E-state index is 13.5. The predicted molar refractivity (Wildman–Crippen MR) is 74.5 cm³/mol. The lowest BCUT2D eigenvalue weighted by Crippen LogP contribution is -2.28. The molecule has 0 fully saturated rings. The number of nitrogens with one attached hydrogen (secondary N) is 1. The van der Waals surface area contributed by atoms with Crippen molar-refractivity contribution in [1.82, 2.24) is 5.32 Å². The van der Waals surface area contributed by atoms with Crippen molar-refractivity contribution in [2.45, 2.75) is 52.1 Å². The van der Waals surface area contributed by atoms with Gasteiger partial charge >= 0.3 is 0 Å². The molecule has 0 aliphatic heterocycles. The Morgan fingerprint density at radius 3 is 2.47 bits per heavy atom. The molecule has 3 heteroatoms. The highest BCUT2D eigenvalue weighted by atomic mass is 79.9. The van der Waals surface area contributed by atoms with E-state index in [-0.39, 0.29) is 5.82 Å². The fourth-order valence-electron chi connectivity index (χ4n) is 1.98. The normalized spacial score (nSPS) is 11.1. The molecule has 0 radical (unpaired) electrons. The van der Waals surface area contributed by atoms with Crippen LogP contribution >= 0.6 is 15.9 Å². The Balaban J connectivity index is 2.55. The van der Waals surface area contributed by atoms with Gasteiger partial charge in [0.05, 0.1) is 0 Å². The van der Waals surface area contributed by atoms with E-state index in [9.17, 15) is 4.39 Å². The van der Waals surface area contributed by atoms with Crippen molar-refractivity contribution in [3.63, 3.8) is 0 Å². The van der Waals surface area contributed by atoms with Crippen molar-refractivity contribution in [3.8, 4) is 0 Å². The fraction of sp³-hybridized carbons (Fsp3) is 0.571. The summed E-state index contributed by atoms with van der Waals surface area (Å²) in [6.07, 6.45) is 4.64. The minimum Gasteiger partial charge on any atom is -0.310 e. The van der Waals surface area contributed by atoms with E-state index in [0.717, 1.165) is 22.9 Å². The lowest BCUT2D eigenvalue weighted by molar-refractivity contribution is 0.437. The molecule has 1 aromatic rings. The monoisotopic (exact) mass is 301 g/mol. The van der Waals surface area contributed by atoms with E-state index in [4.69, 9.17) is 0 Å². The van der Waals surface area contributed by atoms with Crippen LogP contribution in [0.3, 0.4) is 0 Å². The summed E-state index contributed by atoms with van der Waals surface area (Å²) < 4.78 is 14.5. The Labute approximate surface area is 112 Å². The van der Waals surface area contributed by atoms with E-state index in [1.165, 1.54) is 18.9 Å². The topological polar surface area (TPSA) is 12.0 Å². The first kappa shape index (κ1) is 14.7. The third kappa shape index (κ3) is 5.17. The zero-order valence-electron chi connectivity index (χ0n) is 10.6. The lowest BCUT2D eigenvalue weighted by Gasteiger charge is -2.17. The van der Waals surface area contributed by atoms with Gasteiger partial charge in [-0.15, -0.1) is 0 Å². The van der Waals surface area contributed by atoms with Gasteiger partial charge in [-0.25, -0.2) is 4.39 Å². The average Bonchev–Trinajstić information content (AvgIpc) is 2.30. The van der Waals surface area contributed by atoms with Crippen molar-refractivity contribution in [1.29, 1.82) is 0 Å². The number of rotatable bonds is 7. The second kappa shape index (κ2) is 7.83. The van der Waals surface area contributed by atoms with Crippen molar-refractivity contribution in [2.24, 2.45) is 0 Å². The Morgan fingerprint density at radius 1 is 1.24 bits per heavy atom. The summed E-state index contributed by atoms with van der Waals surface area (Å²) in [6.45, 7) is 4.98. The molecule has 0 amide bonds. The van der Waals surface area contributed by atoms with Gasteiger partial charge in [0, 0.05) is 22.6 Å². The quantitative estimate of drug-likeness (QED) is 0.773. The molecule has 0 saturated carbocycles. The highest BCUT2D eigenvalue weighted by Crippen LogP contribution is 2.16. The molecule has 0 unspecified atom stereocenters. The molecule has 0 saturated heterocycles. The van der Waals surface area contributed by atoms with E-state index in [1.54, 1.807) is 6.07 Å². The Bertz CT molecular complexity index is 335. The standard InChI is InChI=1S/C14H21BrFN/c1-3-5-13(6-4-2)17-10-11-9-12(15)7-8-14(11)16/h7-9,13,17H,3-6,10H2,1-2H3. The summed E-state index contributed by atoms with van der Waals surface area (Å²) in [6, 6.07) is 5.59. The van der Waals surface area contributed by atoms with Gasteiger partial charge in [0.15, 0.2) is 0 Å². The summed E-state index contributed by atoms with van der Waals surface area (Å²) in [7, 11) is 0. The van der Waals surface area contributed by atoms with E-state index in [2.05, 4.69) is 35.1 Å². The molecule has 0 atom stereocenters. The molecule has 1 aromatic carbocycles. The number of hydrogen-bond acceptors (Lipinski definition) is 1. The van der Waals surface area contributed by atoms with Gasteiger partial charge < -0.3 is 5.32 Å². The molecule has 0 heterocycles. The highest BCUT2D eigenvalue weighted by Gasteiger charge is 2.08. The zero-order chi connectivity index (χ0) is 12.7. The molecule has 17 heavy (non-hydrogen) atoms. The van der Waals surface area contributed by atoms with Crippen LogP contribution in [0.25, 0.3) is 0 Å². The van der Waals surface area contributed by atoms with Gasteiger partial charge in [0.25, 0.3) is 0 Å².